The zero-order chi connectivity index (χ0) is 29.1. The molecule has 1 fully saturated rings. The van der Waals surface area contributed by atoms with Gasteiger partial charge in [0.15, 0.2) is 11.0 Å². The van der Waals surface area contributed by atoms with Gasteiger partial charge in [0.05, 0.1) is 17.4 Å². The molecule has 7 nitrogen and oxygen atoms in total. The molecule has 212 valence electrons. The molecule has 2 aliphatic rings. The van der Waals surface area contributed by atoms with E-state index in [4.69, 9.17) is 33.2 Å². The molecule has 1 unspecified atom stereocenters. The first kappa shape index (κ1) is 30.2. The lowest BCUT2D eigenvalue weighted by atomic mass is 9.79. The third-order valence-corrected chi connectivity index (χ3v) is 8.65. The van der Waals surface area contributed by atoms with Crippen molar-refractivity contribution in [3.8, 4) is 0 Å². The van der Waals surface area contributed by atoms with E-state index in [0.29, 0.717) is 26.7 Å². The number of hydrogen-bond donors (Lipinski definition) is 2. The number of rotatable bonds is 7. The molecule has 2 aromatic rings. The summed E-state index contributed by atoms with van der Waals surface area (Å²) < 4.78 is 0. The van der Waals surface area contributed by atoms with Gasteiger partial charge >= 0.3 is 11.9 Å². The van der Waals surface area contributed by atoms with E-state index in [1.165, 1.54) is 0 Å². The van der Waals surface area contributed by atoms with Gasteiger partial charge in [-0.25, -0.2) is 9.79 Å². The van der Waals surface area contributed by atoms with E-state index in [-0.39, 0.29) is 22.8 Å². The number of amidine groups is 2. The van der Waals surface area contributed by atoms with Gasteiger partial charge in [-0.2, -0.15) is 0 Å². The monoisotopic (exact) mass is 601 g/mol. The van der Waals surface area contributed by atoms with Gasteiger partial charge in [0.25, 0.3) is 0 Å². The van der Waals surface area contributed by atoms with Gasteiger partial charge in [0.2, 0.25) is 0 Å². The van der Waals surface area contributed by atoms with Crippen molar-refractivity contribution in [2.24, 2.45) is 15.4 Å². The number of aliphatic imine (C=N–C) groups is 2. The Balaban J connectivity index is 1.84. The van der Waals surface area contributed by atoms with Crippen molar-refractivity contribution in [1.82, 2.24) is 0 Å². The third-order valence-electron chi connectivity index (χ3n) is 7.16. The summed E-state index contributed by atoms with van der Waals surface area (Å²) in [5.74, 6) is -1.50. The Kier molecular flexibility index (Phi) is 9.33. The number of nitrogens with zero attached hydrogens (tertiary/aromatic N) is 3. The average Bonchev–Trinajstić information content (AvgIpc) is 3.17. The molecule has 0 aromatic heterocycles. The minimum Gasteiger partial charge on any atom is -0.481 e. The number of hydrogen-bond acceptors (Lipinski definition) is 5. The number of aromatic carboxylic acids is 1. The summed E-state index contributed by atoms with van der Waals surface area (Å²) in [7, 11) is 0. The van der Waals surface area contributed by atoms with Crippen LogP contribution >= 0.6 is 35.0 Å². The quantitative estimate of drug-likeness (QED) is 0.334. The van der Waals surface area contributed by atoms with Crippen LogP contribution in [0.4, 0.5) is 5.69 Å². The minimum atomic E-state index is -1.02. The van der Waals surface area contributed by atoms with E-state index in [9.17, 15) is 19.8 Å². The summed E-state index contributed by atoms with van der Waals surface area (Å²) in [5, 5.41) is 20.7. The van der Waals surface area contributed by atoms with E-state index in [1.807, 2.05) is 29.2 Å². The highest BCUT2D eigenvalue weighted by atomic mass is 35.5. The SMILES string of the molecule is CC(C)(C)C(/C=C/c1ccc(Cl)cc1Cl)N=C1N=C(SCC(=O)O)N(c2cccc(C(=O)O)c2)C12CCCCC2. The molecule has 10 heteroatoms. The van der Waals surface area contributed by atoms with Crippen LogP contribution in [0.5, 0.6) is 0 Å². The maximum atomic E-state index is 11.8. The maximum Gasteiger partial charge on any atom is 0.335 e. The molecular weight excluding hydrogens is 569 g/mol. The number of halogens is 2. The fraction of sp³-hybridized carbons (Fsp3) is 0.400. The summed E-state index contributed by atoms with van der Waals surface area (Å²) >= 11 is 13.6. The van der Waals surface area contributed by atoms with Gasteiger partial charge < -0.3 is 15.1 Å². The van der Waals surface area contributed by atoms with Crippen molar-refractivity contribution in [3.63, 3.8) is 0 Å². The molecule has 4 rings (SSSR count). The normalized spacial score (nSPS) is 18.9. The molecule has 2 N–H and O–H groups in total. The lowest BCUT2D eigenvalue weighted by Gasteiger charge is -2.43. The van der Waals surface area contributed by atoms with Crippen molar-refractivity contribution in [2.45, 2.75) is 64.5 Å². The molecule has 1 heterocycles. The molecule has 1 atom stereocenters. The number of anilines is 1. The number of carboxylic acids is 2. The summed E-state index contributed by atoms with van der Waals surface area (Å²) in [6, 6.07) is 11.8. The van der Waals surface area contributed by atoms with Gasteiger partial charge in [0, 0.05) is 15.7 Å². The van der Waals surface area contributed by atoms with Crippen molar-refractivity contribution in [2.75, 3.05) is 10.7 Å². The first-order valence-electron chi connectivity index (χ1n) is 13.2. The minimum absolute atomic E-state index is 0.159. The van der Waals surface area contributed by atoms with Crippen LogP contribution in [-0.4, -0.2) is 50.5 Å². The highest BCUT2D eigenvalue weighted by Crippen LogP contribution is 2.45. The fourth-order valence-electron chi connectivity index (χ4n) is 5.11. The van der Waals surface area contributed by atoms with Gasteiger partial charge in [0.1, 0.15) is 5.54 Å². The topological polar surface area (TPSA) is 103 Å². The summed E-state index contributed by atoms with van der Waals surface area (Å²) in [6.45, 7) is 6.32. The number of carboxylic acid groups (broad SMARTS) is 2. The number of thioether (sulfide) groups is 1. The lowest BCUT2D eigenvalue weighted by molar-refractivity contribution is -0.133. The van der Waals surface area contributed by atoms with Gasteiger partial charge in [-0.1, -0.05) is 99.3 Å². The first-order valence-corrected chi connectivity index (χ1v) is 14.9. The Hall–Kier alpha value is -2.81. The second kappa shape index (κ2) is 12.4. The Labute approximate surface area is 249 Å². The Morgan fingerprint density at radius 3 is 2.48 bits per heavy atom. The van der Waals surface area contributed by atoms with Crippen LogP contribution in [-0.2, 0) is 4.79 Å². The van der Waals surface area contributed by atoms with Crippen molar-refractivity contribution in [3.05, 3.63) is 69.7 Å². The molecule has 0 saturated heterocycles. The Bertz CT molecular complexity index is 1380. The predicted molar refractivity (Wildman–Crippen MR) is 165 cm³/mol. The van der Waals surface area contributed by atoms with E-state index in [2.05, 4.69) is 20.8 Å². The second-order valence-electron chi connectivity index (χ2n) is 11.1. The van der Waals surface area contributed by atoms with Gasteiger partial charge in [-0.05, 0) is 54.2 Å². The van der Waals surface area contributed by atoms with Crippen molar-refractivity contribution < 1.29 is 19.8 Å². The molecule has 0 bridgehead atoms. The van der Waals surface area contributed by atoms with E-state index in [0.717, 1.165) is 49.4 Å². The summed E-state index contributed by atoms with van der Waals surface area (Å²) in [5.41, 5.74) is 0.781. The molecule has 0 radical (unpaired) electrons. The largest absolute Gasteiger partial charge is 0.481 e. The number of benzene rings is 2. The highest BCUT2D eigenvalue weighted by Gasteiger charge is 2.50. The van der Waals surface area contributed by atoms with Crippen LogP contribution in [0.25, 0.3) is 6.08 Å². The smallest absolute Gasteiger partial charge is 0.335 e. The summed E-state index contributed by atoms with van der Waals surface area (Å²) in [4.78, 5) is 35.6. The average molecular weight is 603 g/mol. The van der Waals surface area contributed by atoms with Gasteiger partial charge in [-0.3, -0.25) is 9.79 Å². The lowest BCUT2D eigenvalue weighted by Crippen LogP contribution is -2.53. The highest BCUT2D eigenvalue weighted by molar-refractivity contribution is 8.14. The van der Waals surface area contributed by atoms with Crippen LogP contribution in [0, 0.1) is 5.41 Å². The van der Waals surface area contributed by atoms with E-state index >= 15 is 0 Å². The van der Waals surface area contributed by atoms with Crippen LogP contribution in [0.2, 0.25) is 10.0 Å². The fourth-order valence-corrected chi connectivity index (χ4v) is 6.39. The number of carbonyl (C=O) groups is 2. The summed E-state index contributed by atoms with van der Waals surface area (Å²) in [6.07, 6.45) is 8.49. The third kappa shape index (κ3) is 6.73. The second-order valence-corrected chi connectivity index (χ2v) is 12.9. The van der Waals surface area contributed by atoms with Crippen molar-refractivity contribution >= 4 is 69.7 Å². The molecule has 0 amide bonds. The van der Waals surface area contributed by atoms with E-state index < -0.39 is 17.5 Å². The molecule has 40 heavy (non-hydrogen) atoms. The van der Waals surface area contributed by atoms with E-state index in [1.54, 1.807) is 30.3 Å². The van der Waals surface area contributed by atoms with Gasteiger partial charge in [-0.15, -0.1) is 0 Å². The zero-order valence-electron chi connectivity index (χ0n) is 22.7. The molecule has 1 aliphatic carbocycles. The van der Waals surface area contributed by atoms with Crippen molar-refractivity contribution in [1.29, 1.82) is 0 Å². The number of aliphatic carboxylic acids is 1. The molecule has 1 aliphatic heterocycles. The van der Waals surface area contributed by atoms with Crippen LogP contribution in [0.1, 0.15) is 68.8 Å². The Morgan fingerprint density at radius 2 is 1.85 bits per heavy atom. The standard InChI is InChI=1S/C30H33Cl2N3O4S/c1-29(2,3)24(13-11-19-10-12-21(31)17-23(19)32)33-27-30(14-5-4-6-15-30)35(28(34-27)40-18-25(36)37)22-9-7-8-20(16-22)26(38)39/h7-13,16-17,24H,4-6,14-15,18H2,1-3H3,(H,36,37)(H,38,39)/b13-11+,33-27?. The molecule has 1 saturated carbocycles. The van der Waals surface area contributed by atoms with Crippen LogP contribution in [0.15, 0.2) is 58.5 Å². The molecule has 2 aromatic carbocycles. The Morgan fingerprint density at radius 1 is 1.12 bits per heavy atom. The molecule has 1 spiro atoms. The van der Waals surface area contributed by atoms with Crippen LogP contribution < -0.4 is 4.90 Å². The first-order chi connectivity index (χ1) is 18.9. The maximum absolute atomic E-state index is 11.8. The zero-order valence-corrected chi connectivity index (χ0v) is 25.1. The molecular formula is C30H33Cl2N3O4S. The van der Waals surface area contributed by atoms with Crippen LogP contribution in [0.3, 0.4) is 0 Å². The predicted octanol–water partition coefficient (Wildman–Crippen LogP) is 7.91.